The molecule has 0 unspecified atom stereocenters. The fourth-order valence-corrected chi connectivity index (χ4v) is 3.41. The smallest absolute Gasteiger partial charge is 0.248 e. The van der Waals surface area contributed by atoms with Gasteiger partial charge in [0.2, 0.25) is 5.91 Å². The molecule has 6 heteroatoms. The van der Waals surface area contributed by atoms with E-state index in [1.807, 2.05) is 65.8 Å². The van der Waals surface area contributed by atoms with Crippen LogP contribution in [-0.4, -0.2) is 42.4 Å². The first-order chi connectivity index (χ1) is 14.2. The van der Waals surface area contributed by atoms with Crippen molar-refractivity contribution in [2.24, 2.45) is 4.99 Å². The summed E-state index contributed by atoms with van der Waals surface area (Å²) < 4.78 is 11.0. The Labute approximate surface area is 176 Å². The number of hydrogen-bond acceptors (Lipinski definition) is 5. The Morgan fingerprint density at radius 2 is 1.86 bits per heavy atom. The molecule has 2 aromatic carbocycles. The third kappa shape index (κ3) is 6.39. The Morgan fingerprint density at radius 1 is 1.10 bits per heavy atom. The van der Waals surface area contributed by atoms with Crippen molar-refractivity contribution in [3.8, 4) is 11.5 Å². The van der Waals surface area contributed by atoms with E-state index < -0.39 is 0 Å². The predicted molar refractivity (Wildman–Crippen MR) is 119 cm³/mol. The van der Waals surface area contributed by atoms with E-state index in [9.17, 15) is 4.79 Å². The first-order valence-electron chi connectivity index (χ1n) is 9.60. The second kappa shape index (κ2) is 10.7. The highest BCUT2D eigenvalue weighted by atomic mass is 32.2. The molecular formula is C23H26N2O3S. The molecular weight excluding hydrogens is 384 g/mol. The third-order valence-corrected chi connectivity index (χ3v) is 5.29. The van der Waals surface area contributed by atoms with Gasteiger partial charge in [-0.1, -0.05) is 30.3 Å². The standard InChI is InChI=1S/C23H26N2O3S/c1-27-20-12-10-18(11-13-20)16-25-14-6-7-19(15-23(25)26)24-22(29-2)17-28-21-8-4-3-5-9-21/h3-5,8-13,15H,6-7,14,16-17H2,1-2H3. The van der Waals surface area contributed by atoms with E-state index in [4.69, 9.17) is 14.5 Å². The molecule has 0 aromatic heterocycles. The Balaban J connectivity index is 1.64. The van der Waals surface area contributed by atoms with Crippen LogP contribution in [0.15, 0.2) is 71.4 Å². The number of para-hydroxylation sites is 1. The van der Waals surface area contributed by atoms with E-state index in [1.54, 1.807) is 24.9 Å². The lowest BCUT2D eigenvalue weighted by Gasteiger charge is -2.19. The minimum Gasteiger partial charge on any atom is -0.497 e. The number of carbonyl (C=O) groups excluding carboxylic acids is 1. The summed E-state index contributed by atoms with van der Waals surface area (Å²) in [5.41, 5.74) is 1.90. The summed E-state index contributed by atoms with van der Waals surface area (Å²) >= 11 is 1.55. The van der Waals surface area contributed by atoms with Crippen LogP contribution in [0.5, 0.6) is 11.5 Å². The number of carbonyl (C=O) groups is 1. The van der Waals surface area contributed by atoms with Crippen molar-refractivity contribution in [3.05, 3.63) is 71.9 Å². The highest BCUT2D eigenvalue weighted by Crippen LogP contribution is 2.19. The third-order valence-electron chi connectivity index (χ3n) is 4.60. The average molecular weight is 411 g/mol. The maximum Gasteiger partial charge on any atom is 0.248 e. The van der Waals surface area contributed by atoms with E-state index in [1.165, 1.54) is 0 Å². The Kier molecular flexibility index (Phi) is 7.76. The number of methoxy groups -OCH3 is 1. The van der Waals surface area contributed by atoms with Gasteiger partial charge in [-0.25, -0.2) is 4.99 Å². The number of thioether (sulfide) groups is 1. The zero-order valence-electron chi connectivity index (χ0n) is 16.8. The Hall–Kier alpha value is -2.73. The zero-order valence-corrected chi connectivity index (χ0v) is 17.7. The normalized spacial score (nSPS) is 15.0. The molecule has 0 atom stereocenters. The Bertz CT molecular complexity index is 863. The minimum absolute atomic E-state index is 0.00139. The van der Waals surface area contributed by atoms with E-state index in [0.29, 0.717) is 13.2 Å². The lowest BCUT2D eigenvalue weighted by atomic mass is 10.2. The van der Waals surface area contributed by atoms with Crippen molar-refractivity contribution in [3.63, 3.8) is 0 Å². The number of allylic oxidation sites excluding steroid dienone is 1. The van der Waals surface area contributed by atoms with Crippen molar-refractivity contribution < 1.29 is 14.3 Å². The molecule has 0 saturated heterocycles. The van der Waals surface area contributed by atoms with Gasteiger partial charge in [-0.05, 0) is 48.9 Å². The number of nitrogens with zero attached hydrogens (tertiary/aromatic N) is 2. The van der Waals surface area contributed by atoms with Gasteiger partial charge in [0.15, 0.2) is 0 Å². The van der Waals surface area contributed by atoms with E-state index in [2.05, 4.69) is 0 Å². The fourth-order valence-electron chi connectivity index (χ4n) is 3.02. The first-order valence-corrected chi connectivity index (χ1v) is 10.8. The molecule has 1 aliphatic rings. The minimum atomic E-state index is 0.00139. The number of ether oxygens (including phenoxy) is 2. The summed E-state index contributed by atoms with van der Waals surface area (Å²) in [5, 5.41) is 0.858. The summed E-state index contributed by atoms with van der Waals surface area (Å²) in [4.78, 5) is 19.3. The van der Waals surface area contributed by atoms with Crippen LogP contribution < -0.4 is 9.47 Å². The quantitative estimate of drug-likeness (QED) is 0.497. The largest absolute Gasteiger partial charge is 0.497 e. The number of amides is 1. The van der Waals surface area contributed by atoms with Gasteiger partial charge < -0.3 is 14.4 Å². The van der Waals surface area contributed by atoms with Gasteiger partial charge >= 0.3 is 0 Å². The van der Waals surface area contributed by atoms with Gasteiger partial charge in [-0.15, -0.1) is 11.8 Å². The maximum absolute atomic E-state index is 12.7. The van der Waals surface area contributed by atoms with Crippen molar-refractivity contribution in [2.45, 2.75) is 19.4 Å². The second-order valence-corrected chi connectivity index (χ2v) is 7.54. The van der Waals surface area contributed by atoms with Crippen molar-refractivity contribution in [2.75, 3.05) is 26.5 Å². The van der Waals surface area contributed by atoms with Crippen LogP contribution in [0.1, 0.15) is 18.4 Å². The predicted octanol–water partition coefficient (Wildman–Crippen LogP) is 4.54. The van der Waals surface area contributed by atoms with Crippen molar-refractivity contribution in [1.82, 2.24) is 4.90 Å². The van der Waals surface area contributed by atoms with E-state index in [0.717, 1.165) is 47.2 Å². The van der Waals surface area contributed by atoms with Crippen LogP contribution in [0.3, 0.4) is 0 Å². The SMILES string of the molecule is COc1ccc(CN2CCCC(N=C(COc3ccccc3)SC)=CC2=O)cc1. The molecule has 152 valence electrons. The van der Waals surface area contributed by atoms with Crippen molar-refractivity contribution in [1.29, 1.82) is 0 Å². The molecule has 0 N–H and O–H groups in total. The summed E-state index contributed by atoms with van der Waals surface area (Å²) in [6.45, 7) is 1.70. The van der Waals surface area contributed by atoms with Crippen LogP contribution in [0.25, 0.3) is 0 Å². The van der Waals surface area contributed by atoms with Crippen molar-refractivity contribution >= 4 is 22.7 Å². The number of rotatable bonds is 7. The summed E-state index contributed by atoms with van der Waals surface area (Å²) in [7, 11) is 1.65. The monoisotopic (exact) mass is 410 g/mol. The molecule has 29 heavy (non-hydrogen) atoms. The molecule has 1 amide bonds. The lowest BCUT2D eigenvalue weighted by molar-refractivity contribution is -0.126. The van der Waals surface area contributed by atoms with Crippen LogP contribution in [0.2, 0.25) is 0 Å². The lowest BCUT2D eigenvalue weighted by Crippen LogP contribution is -2.28. The van der Waals surface area contributed by atoms with Gasteiger partial charge in [0.25, 0.3) is 0 Å². The number of hydrogen-bond donors (Lipinski definition) is 0. The molecule has 0 radical (unpaired) electrons. The van der Waals surface area contributed by atoms with Crippen LogP contribution >= 0.6 is 11.8 Å². The van der Waals surface area contributed by atoms with Gasteiger partial charge in [-0.3, -0.25) is 4.79 Å². The van der Waals surface area contributed by atoms with Gasteiger partial charge in [-0.2, -0.15) is 0 Å². The van der Waals surface area contributed by atoms with Crippen LogP contribution in [0, 0.1) is 0 Å². The summed E-state index contributed by atoms with van der Waals surface area (Å²) in [5.74, 6) is 1.63. The topological polar surface area (TPSA) is 51.1 Å². The molecule has 0 spiro atoms. The Morgan fingerprint density at radius 3 is 2.55 bits per heavy atom. The molecule has 1 heterocycles. The summed E-state index contributed by atoms with van der Waals surface area (Å²) in [6, 6.07) is 17.5. The van der Waals surface area contributed by atoms with Gasteiger partial charge in [0.1, 0.15) is 23.1 Å². The van der Waals surface area contributed by atoms with Gasteiger partial charge in [0.05, 0.1) is 7.11 Å². The molecule has 0 aliphatic carbocycles. The fraction of sp³-hybridized carbons (Fsp3) is 0.304. The first kappa shape index (κ1) is 21.0. The average Bonchev–Trinajstić information content (AvgIpc) is 2.93. The zero-order chi connectivity index (χ0) is 20.5. The highest BCUT2D eigenvalue weighted by Gasteiger charge is 2.17. The van der Waals surface area contributed by atoms with E-state index >= 15 is 0 Å². The molecule has 0 fully saturated rings. The number of benzene rings is 2. The molecule has 0 saturated carbocycles. The van der Waals surface area contributed by atoms with Crippen LogP contribution in [0.4, 0.5) is 0 Å². The summed E-state index contributed by atoms with van der Waals surface area (Å²) in [6.07, 6.45) is 5.30. The van der Waals surface area contributed by atoms with E-state index in [-0.39, 0.29) is 5.91 Å². The molecule has 5 nitrogen and oxygen atoms in total. The molecule has 2 aromatic rings. The van der Waals surface area contributed by atoms with Crippen LogP contribution in [-0.2, 0) is 11.3 Å². The second-order valence-electron chi connectivity index (χ2n) is 6.66. The maximum atomic E-state index is 12.7. The molecule has 1 aliphatic heterocycles. The number of aliphatic imine (C=N–C) groups is 1. The molecule has 0 bridgehead atoms. The van der Waals surface area contributed by atoms with Gasteiger partial charge in [0, 0.05) is 24.9 Å². The highest BCUT2D eigenvalue weighted by molar-refractivity contribution is 8.13. The molecule has 3 rings (SSSR count).